The summed E-state index contributed by atoms with van der Waals surface area (Å²) >= 11 is 0. The molecule has 6 nitrogen and oxygen atoms in total. The van der Waals surface area contributed by atoms with Crippen LogP contribution in [0.15, 0.2) is 12.2 Å². The van der Waals surface area contributed by atoms with Crippen LogP contribution in [-0.4, -0.2) is 47.4 Å². The molecule has 0 heterocycles. The molecule has 0 aliphatic rings. The Bertz CT molecular complexity index is 832. The van der Waals surface area contributed by atoms with Crippen LogP contribution >= 0.6 is 0 Å². The van der Waals surface area contributed by atoms with Gasteiger partial charge in [0.25, 0.3) is 0 Å². The molecular weight excluding hydrogens is 695 g/mol. The number of carbonyl (C=O) groups excluding carboxylic acids is 2. The van der Waals surface area contributed by atoms with Crippen molar-refractivity contribution in [3.8, 4) is 0 Å². The number of ether oxygens (including phenoxy) is 1. The Balaban J connectivity index is 3.44. The van der Waals surface area contributed by atoms with Crippen molar-refractivity contribution in [2.45, 2.75) is 283 Å². The first-order valence-electron chi connectivity index (χ1n) is 24.9. The van der Waals surface area contributed by atoms with E-state index in [-0.39, 0.29) is 18.5 Å². The smallest absolute Gasteiger partial charge is 0.305 e. The van der Waals surface area contributed by atoms with E-state index in [2.05, 4.69) is 31.3 Å². The second-order valence-corrected chi connectivity index (χ2v) is 17.1. The van der Waals surface area contributed by atoms with Gasteiger partial charge in [0.05, 0.1) is 25.4 Å². The number of amides is 1. The second kappa shape index (κ2) is 46.3. The number of aliphatic hydroxyl groups is 2. The largest absolute Gasteiger partial charge is 0.466 e. The number of esters is 1. The van der Waals surface area contributed by atoms with Gasteiger partial charge < -0.3 is 20.3 Å². The minimum atomic E-state index is -0.670. The van der Waals surface area contributed by atoms with Gasteiger partial charge in [-0.05, 0) is 51.4 Å². The lowest BCUT2D eigenvalue weighted by atomic mass is 10.0. The lowest BCUT2D eigenvalue weighted by Crippen LogP contribution is -2.45. The van der Waals surface area contributed by atoms with Crippen molar-refractivity contribution >= 4 is 11.9 Å². The van der Waals surface area contributed by atoms with Gasteiger partial charge in [-0.2, -0.15) is 0 Å². The Labute approximate surface area is 349 Å². The number of unbranched alkanes of at least 4 members (excludes halogenated alkanes) is 33. The molecule has 1 amide bonds. The molecule has 0 aromatic rings. The van der Waals surface area contributed by atoms with Gasteiger partial charge in [-0.15, -0.1) is 0 Å². The van der Waals surface area contributed by atoms with E-state index < -0.39 is 12.1 Å². The molecule has 2 unspecified atom stereocenters. The van der Waals surface area contributed by atoms with E-state index in [0.29, 0.717) is 25.9 Å². The van der Waals surface area contributed by atoms with Gasteiger partial charge in [0.1, 0.15) is 0 Å². The zero-order chi connectivity index (χ0) is 40.8. The van der Waals surface area contributed by atoms with E-state index in [1.165, 1.54) is 186 Å². The van der Waals surface area contributed by atoms with Gasteiger partial charge in [0, 0.05) is 12.8 Å². The van der Waals surface area contributed by atoms with Gasteiger partial charge in [0.15, 0.2) is 0 Å². The van der Waals surface area contributed by atoms with E-state index in [1.807, 2.05) is 0 Å². The molecule has 0 aliphatic heterocycles. The van der Waals surface area contributed by atoms with Crippen LogP contribution in [0.1, 0.15) is 271 Å². The summed E-state index contributed by atoms with van der Waals surface area (Å²) in [5.74, 6) is -0.0625. The van der Waals surface area contributed by atoms with Crippen molar-refractivity contribution in [1.29, 1.82) is 0 Å². The molecule has 6 heteroatoms. The molecular formula is C50H97NO5. The SMILES string of the molecule is CCCCCCCC/C=C\CCCCCCCC(=O)OCCCCCCCCCCCCCCCC(=O)NC(CO)C(O)CCCCCCCCCCCCC. The molecule has 0 aromatic heterocycles. The molecule has 0 aliphatic carbocycles. The Hall–Kier alpha value is -1.40. The summed E-state index contributed by atoms with van der Waals surface area (Å²) in [6, 6.07) is -0.549. The quantitative estimate of drug-likeness (QED) is 0.0324. The van der Waals surface area contributed by atoms with E-state index in [1.54, 1.807) is 0 Å². The fraction of sp³-hybridized carbons (Fsp3) is 0.920. The van der Waals surface area contributed by atoms with Crippen molar-refractivity contribution in [2.24, 2.45) is 0 Å². The summed E-state index contributed by atoms with van der Waals surface area (Å²) in [5.41, 5.74) is 0. The Morgan fingerprint density at radius 2 is 0.839 bits per heavy atom. The average Bonchev–Trinajstić information content (AvgIpc) is 3.20. The molecule has 0 radical (unpaired) electrons. The van der Waals surface area contributed by atoms with Crippen molar-refractivity contribution in [2.75, 3.05) is 13.2 Å². The number of hydrogen-bond acceptors (Lipinski definition) is 5. The highest BCUT2D eigenvalue weighted by Crippen LogP contribution is 2.16. The summed E-state index contributed by atoms with van der Waals surface area (Å²) in [6.45, 7) is 4.91. The Morgan fingerprint density at radius 1 is 0.482 bits per heavy atom. The lowest BCUT2D eigenvalue weighted by Gasteiger charge is -2.22. The summed E-state index contributed by atoms with van der Waals surface area (Å²) in [6.07, 6.45) is 51.7. The molecule has 0 fully saturated rings. The lowest BCUT2D eigenvalue weighted by molar-refractivity contribution is -0.143. The molecule has 0 saturated carbocycles. The van der Waals surface area contributed by atoms with Crippen LogP contribution < -0.4 is 5.32 Å². The predicted molar refractivity (Wildman–Crippen MR) is 241 cm³/mol. The van der Waals surface area contributed by atoms with Crippen LogP contribution in [0.25, 0.3) is 0 Å². The van der Waals surface area contributed by atoms with E-state index in [0.717, 1.165) is 51.4 Å². The predicted octanol–water partition coefficient (Wildman–Crippen LogP) is 14.6. The van der Waals surface area contributed by atoms with E-state index in [9.17, 15) is 19.8 Å². The summed E-state index contributed by atoms with van der Waals surface area (Å²) in [7, 11) is 0. The standard InChI is InChI=1S/C50H97NO5/c1-3-5-7-9-11-13-15-16-17-20-24-28-32-36-40-44-50(55)56-45-41-37-33-29-25-21-18-19-23-27-31-35-39-43-49(54)51-47(46-52)48(53)42-38-34-30-26-22-14-12-10-8-6-4-2/h16-17,47-48,52-53H,3-15,18-46H2,1-2H3,(H,51,54)/b17-16-. The van der Waals surface area contributed by atoms with E-state index in [4.69, 9.17) is 4.74 Å². The molecule has 0 bridgehead atoms. The molecule has 0 spiro atoms. The zero-order valence-electron chi connectivity index (χ0n) is 37.6. The number of hydrogen-bond donors (Lipinski definition) is 3. The monoisotopic (exact) mass is 792 g/mol. The number of nitrogens with one attached hydrogen (secondary N) is 1. The van der Waals surface area contributed by atoms with Crippen LogP contribution in [0.2, 0.25) is 0 Å². The maximum absolute atomic E-state index is 12.4. The van der Waals surface area contributed by atoms with Crippen LogP contribution in [0.5, 0.6) is 0 Å². The Morgan fingerprint density at radius 3 is 1.27 bits per heavy atom. The summed E-state index contributed by atoms with van der Waals surface area (Å²) in [5, 5.41) is 23.1. The molecule has 0 aromatic carbocycles. The third kappa shape index (κ3) is 42.2. The van der Waals surface area contributed by atoms with E-state index >= 15 is 0 Å². The highest BCUT2D eigenvalue weighted by molar-refractivity contribution is 5.76. The maximum atomic E-state index is 12.4. The van der Waals surface area contributed by atoms with Gasteiger partial charge in [-0.3, -0.25) is 9.59 Å². The molecule has 332 valence electrons. The number of carbonyl (C=O) groups is 2. The topological polar surface area (TPSA) is 95.9 Å². The van der Waals surface area contributed by atoms with Crippen LogP contribution in [0, 0.1) is 0 Å². The second-order valence-electron chi connectivity index (χ2n) is 17.1. The number of rotatable bonds is 46. The van der Waals surface area contributed by atoms with Crippen LogP contribution in [0.3, 0.4) is 0 Å². The minimum Gasteiger partial charge on any atom is -0.466 e. The summed E-state index contributed by atoms with van der Waals surface area (Å²) in [4.78, 5) is 24.4. The molecule has 2 atom stereocenters. The number of aliphatic hydroxyl groups excluding tert-OH is 2. The number of allylic oxidation sites excluding steroid dienone is 2. The zero-order valence-corrected chi connectivity index (χ0v) is 37.6. The van der Waals surface area contributed by atoms with Crippen molar-refractivity contribution in [3.05, 3.63) is 12.2 Å². The third-order valence-electron chi connectivity index (χ3n) is 11.6. The molecule has 3 N–H and O–H groups in total. The first-order chi connectivity index (χ1) is 27.5. The van der Waals surface area contributed by atoms with Crippen molar-refractivity contribution < 1.29 is 24.5 Å². The van der Waals surface area contributed by atoms with Gasteiger partial charge in [-0.25, -0.2) is 0 Å². The average molecular weight is 792 g/mol. The fourth-order valence-electron chi connectivity index (χ4n) is 7.69. The highest BCUT2D eigenvalue weighted by atomic mass is 16.5. The first kappa shape index (κ1) is 54.6. The highest BCUT2D eigenvalue weighted by Gasteiger charge is 2.20. The van der Waals surface area contributed by atoms with Crippen molar-refractivity contribution in [3.63, 3.8) is 0 Å². The summed E-state index contributed by atoms with van der Waals surface area (Å²) < 4.78 is 5.46. The van der Waals surface area contributed by atoms with Gasteiger partial charge in [0.2, 0.25) is 5.91 Å². The van der Waals surface area contributed by atoms with Gasteiger partial charge in [-0.1, -0.05) is 219 Å². The maximum Gasteiger partial charge on any atom is 0.305 e. The van der Waals surface area contributed by atoms with Gasteiger partial charge >= 0.3 is 5.97 Å². The molecule has 0 rings (SSSR count). The molecule has 56 heavy (non-hydrogen) atoms. The first-order valence-corrected chi connectivity index (χ1v) is 24.9. The van der Waals surface area contributed by atoms with Crippen molar-refractivity contribution in [1.82, 2.24) is 5.32 Å². The fourth-order valence-corrected chi connectivity index (χ4v) is 7.69. The minimum absolute atomic E-state index is 0.0135. The molecule has 0 saturated heterocycles. The normalized spacial score (nSPS) is 12.7. The van der Waals surface area contributed by atoms with Crippen LogP contribution in [0.4, 0.5) is 0 Å². The third-order valence-corrected chi connectivity index (χ3v) is 11.6. The Kier molecular flexibility index (Phi) is 45.1. The van der Waals surface area contributed by atoms with Crippen LogP contribution in [-0.2, 0) is 14.3 Å².